The van der Waals surface area contributed by atoms with Crippen molar-refractivity contribution in [1.82, 2.24) is 5.32 Å². The van der Waals surface area contributed by atoms with Crippen molar-refractivity contribution in [2.45, 2.75) is 18.9 Å². The van der Waals surface area contributed by atoms with E-state index in [-0.39, 0.29) is 11.9 Å². The molecule has 0 bridgehead atoms. The molecule has 0 aliphatic carbocycles. The summed E-state index contributed by atoms with van der Waals surface area (Å²) in [6.45, 7) is 1.46. The summed E-state index contributed by atoms with van der Waals surface area (Å²) in [5.41, 5.74) is 2.20. The van der Waals surface area contributed by atoms with E-state index in [0.29, 0.717) is 6.61 Å². The molecule has 1 unspecified atom stereocenters. The molecule has 1 N–H and O–H groups in total. The van der Waals surface area contributed by atoms with Crippen LogP contribution in [-0.4, -0.2) is 39.3 Å². The summed E-state index contributed by atoms with van der Waals surface area (Å²) in [5, 5.41) is 3.06. The summed E-state index contributed by atoms with van der Waals surface area (Å²) in [4.78, 5) is 14.1. The fourth-order valence-corrected chi connectivity index (χ4v) is 2.38. The Morgan fingerprint density at radius 2 is 2.22 bits per heavy atom. The molecule has 1 aliphatic rings. The molecule has 0 saturated carbocycles. The highest BCUT2D eigenvalue weighted by molar-refractivity contribution is 6.00. The van der Waals surface area contributed by atoms with Crippen molar-refractivity contribution in [3.8, 4) is 0 Å². The number of carbonyl (C=O) groups excluding carboxylic acids is 1. The first kappa shape index (κ1) is 13.1. The predicted octanol–water partition coefficient (Wildman–Crippen LogP) is 1.20. The molecule has 1 heterocycles. The molecule has 1 aliphatic heterocycles. The van der Waals surface area contributed by atoms with E-state index in [1.165, 1.54) is 5.56 Å². The molecule has 1 atom stereocenters. The summed E-state index contributed by atoms with van der Waals surface area (Å²) >= 11 is 0. The average molecular weight is 248 g/mol. The van der Waals surface area contributed by atoms with Crippen molar-refractivity contribution < 1.29 is 9.53 Å². The lowest BCUT2D eigenvalue weighted by Crippen LogP contribution is -2.36. The van der Waals surface area contributed by atoms with E-state index in [1.54, 1.807) is 7.11 Å². The third kappa shape index (κ3) is 2.54. The molecule has 2 rings (SSSR count). The highest BCUT2D eigenvalue weighted by Crippen LogP contribution is 2.25. The summed E-state index contributed by atoms with van der Waals surface area (Å²) in [6.07, 6.45) is 1.70. The molecule has 1 fully saturated rings. The van der Waals surface area contributed by atoms with Crippen LogP contribution in [0.25, 0.3) is 0 Å². The van der Waals surface area contributed by atoms with E-state index < -0.39 is 0 Å². The Hall–Kier alpha value is -1.39. The average Bonchev–Trinajstić information content (AvgIpc) is 2.77. The van der Waals surface area contributed by atoms with Crippen LogP contribution in [0.15, 0.2) is 24.3 Å². The topological polar surface area (TPSA) is 41.6 Å². The van der Waals surface area contributed by atoms with Crippen LogP contribution in [0.2, 0.25) is 0 Å². The van der Waals surface area contributed by atoms with Crippen LogP contribution >= 0.6 is 0 Å². The van der Waals surface area contributed by atoms with Gasteiger partial charge in [0.2, 0.25) is 5.91 Å². The lowest BCUT2D eigenvalue weighted by molar-refractivity contribution is -0.118. The Balaban J connectivity index is 2.20. The number of ether oxygens (including phenoxy) is 1. The van der Waals surface area contributed by atoms with Crippen LogP contribution in [0.4, 0.5) is 5.69 Å². The quantitative estimate of drug-likeness (QED) is 0.851. The smallest absolute Gasteiger partial charge is 0.244 e. The third-order valence-electron chi connectivity index (χ3n) is 3.41. The number of nitrogens with one attached hydrogen (secondary N) is 1. The number of nitrogens with zero attached hydrogens (tertiary/aromatic N) is 1. The van der Waals surface area contributed by atoms with Gasteiger partial charge in [-0.1, -0.05) is 18.2 Å². The minimum atomic E-state index is -0.0412. The van der Waals surface area contributed by atoms with Crippen LogP contribution in [-0.2, 0) is 16.0 Å². The number of benzene rings is 1. The number of hydrogen-bond donors (Lipinski definition) is 1. The van der Waals surface area contributed by atoms with Crippen molar-refractivity contribution in [2.24, 2.45) is 0 Å². The minimum absolute atomic E-state index is 0.0412. The Bertz CT molecular complexity index is 420. The second-order valence-corrected chi connectivity index (χ2v) is 4.49. The van der Waals surface area contributed by atoms with Gasteiger partial charge < -0.3 is 15.0 Å². The highest BCUT2D eigenvalue weighted by Gasteiger charge is 2.32. The second kappa shape index (κ2) is 5.98. The van der Waals surface area contributed by atoms with E-state index in [9.17, 15) is 4.79 Å². The van der Waals surface area contributed by atoms with E-state index in [2.05, 4.69) is 11.4 Å². The summed E-state index contributed by atoms with van der Waals surface area (Å²) < 4.78 is 5.12. The molecule has 98 valence electrons. The van der Waals surface area contributed by atoms with Crippen LogP contribution < -0.4 is 10.2 Å². The lowest BCUT2D eigenvalue weighted by Gasteiger charge is -2.20. The SMILES string of the molecule is CNC1CCN(c2ccccc2CCOC)C1=O. The molecule has 1 aromatic rings. The lowest BCUT2D eigenvalue weighted by atomic mass is 10.1. The molecule has 4 heteroatoms. The first-order valence-electron chi connectivity index (χ1n) is 6.33. The van der Waals surface area contributed by atoms with Gasteiger partial charge in [-0.15, -0.1) is 0 Å². The van der Waals surface area contributed by atoms with Gasteiger partial charge in [-0.25, -0.2) is 0 Å². The molecular weight excluding hydrogens is 228 g/mol. The standard InChI is InChI=1S/C14H20N2O2/c1-15-12-7-9-16(14(12)17)13-6-4-3-5-11(13)8-10-18-2/h3-6,12,15H,7-10H2,1-2H3. The van der Waals surface area contributed by atoms with Gasteiger partial charge >= 0.3 is 0 Å². The van der Waals surface area contributed by atoms with Crippen molar-refractivity contribution in [3.05, 3.63) is 29.8 Å². The van der Waals surface area contributed by atoms with Crippen molar-refractivity contribution in [1.29, 1.82) is 0 Å². The fourth-order valence-electron chi connectivity index (χ4n) is 2.38. The minimum Gasteiger partial charge on any atom is -0.384 e. The molecule has 1 aromatic carbocycles. The van der Waals surface area contributed by atoms with Gasteiger partial charge in [0.15, 0.2) is 0 Å². The number of para-hydroxylation sites is 1. The highest BCUT2D eigenvalue weighted by atomic mass is 16.5. The van der Waals surface area contributed by atoms with Crippen LogP contribution in [0, 0.1) is 0 Å². The zero-order valence-corrected chi connectivity index (χ0v) is 11.0. The van der Waals surface area contributed by atoms with E-state index in [4.69, 9.17) is 4.74 Å². The second-order valence-electron chi connectivity index (χ2n) is 4.49. The van der Waals surface area contributed by atoms with Crippen molar-refractivity contribution >= 4 is 11.6 Å². The molecular formula is C14H20N2O2. The van der Waals surface area contributed by atoms with Gasteiger partial charge in [0.25, 0.3) is 0 Å². The molecule has 0 radical (unpaired) electrons. The van der Waals surface area contributed by atoms with Gasteiger partial charge in [0, 0.05) is 19.3 Å². The molecule has 0 aromatic heterocycles. The largest absolute Gasteiger partial charge is 0.384 e. The van der Waals surface area contributed by atoms with Crippen molar-refractivity contribution in [3.63, 3.8) is 0 Å². The van der Waals surface area contributed by atoms with Crippen LogP contribution in [0.1, 0.15) is 12.0 Å². The summed E-state index contributed by atoms with van der Waals surface area (Å²) in [5.74, 6) is 0.169. The Morgan fingerprint density at radius 1 is 1.44 bits per heavy atom. The van der Waals surface area contributed by atoms with Gasteiger partial charge in [-0.2, -0.15) is 0 Å². The van der Waals surface area contributed by atoms with Crippen LogP contribution in [0.5, 0.6) is 0 Å². The Kier molecular flexibility index (Phi) is 4.33. The monoisotopic (exact) mass is 248 g/mol. The first-order chi connectivity index (χ1) is 8.77. The number of anilines is 1. The fraction of sp³-hybridized carbons (Fsp3) is 0.500. The molecule has 18 heavy (non-hydrogen) atoms. The number of amides is 1. The maximum absolute atomic E-state index is 12.2. The predicted molar refractivity (Wildman–Crippen MR) is 71.8 cm³/mol. The summed E-state index contributed by atoms with van der Waals surface area (Å²) in [6, 6.07) is 8.02. The maximum atomic E-state index is 12.2. The molecule has 0 spiro atoms. The zero-order valence-electron chi connectivity index (χ0n) is 11.0. The number of likely N-dealkylation sites (N-methyl/N-ethyl adjacent to an activating group) is 1. The van der Waals surface area contributed by atoms with E-state index in [1.807, 2.05) is 30.1 Å². The normalized spacial score (nSPS) is 19.6. The number of methoxy groups -OCH3 is 1. The zero-order chi connectivity index (χ0) is 13.0. The van der Waals surface area contributed by atoms with E-state index in [0.717, 1.165) is 25.1 Å². The Morgan fingerprint density at radius 3 is 2.89 bits per heavy atom. The van der Waals surface area contributed by atoms with Gasteiger partial charge in [0.1, 0.15) is 0 Å². The first-order valence-corrected chi connectivity index (χ1v) is 6.33. The maximum Gasteiger partial charge on any atom is 0.244 e. The van der Waals surface area contributed by atoms with Crippen LogP contribution in [0.3, 0.4) is 0 Å². The Labute approximate surface area is 108 Å². The van der Waals surface area contributed by atoms with E-state index >= 15 is 0 Å². The molecule has 1 amide bonds. The number of carbonyl (C=O) groups is 1. The van der Waals surface area contributed by atoms with Gasteiger partial charge in [-0.05, 0) is 31.5 Å². The third-order valence-corrected chi connectivity index (χ3v) is 3.41. The van der Waals surface area contributed by atoms with Gasteiger partial charge in [-0.3, -0.25) is 4.79 Å². The van der Waals surface area contributed by atoms with Gasteiger partial charge in [0.05, 0.1) is 12.6 Å². The molecule has 4 nitrogen and oxygen atoms in total. The van der Waals surface area contributed by atoms with Crippen molar-refractivity contribution in [2.75, 3.05) is 32.2 Å². The number of hydrogen-bond acceptors (Lipinski definition) is 3. The number of rotatable bonds is 5. The molecule has 1 saturated heterocycles. The summed E-state index contributed by atoms with van der Waals surface area (Å²) in [7, 11) is 3.53.